The fraction of sp³-hybridized carbons (Fsp3) is 0.500. The van der Waals surface area contributed by atoms with E-state index in [0.717, 1.165) is 0 Å². The van der Waals surface area contributed by atoms with Crippen molar-refractivity contribution in [3.05, 3.63) is 23.8 Å². The van der Waals surface area contributed by atoms with Crippen LogP contribution in [0.25, 0.3) is 0 Å². The average molecular weight is 226 g/mol. The third-order valence-corrected chi connectivity index (χ3v) is 1.71. The van der Waals surface area contributed by atoms with Crippen LogP contribution in [0, 0.1) is 0 Å². The molecule has 0 bridgehead atoms. The molecule has 4 nitrogen and oxygen atoms in total. The molecule has 0 aliphatic carbocycles. The Hall–Kier alpha value is -1.42. The second-order valence-corrected chi connectivity index (χ2v) is 4.04. The zero-order valence-corrected chi connectivity index (χ0v) is 10.1. The summed E-state index contributed by atoms with van der Waals surface area (Å²) in [5.41, 5.74) is -0.534. The molecular weight excluding hydrogens is 208 g/mol. The van der Waals surface area contributed by atoms with Crippen LogP contribution in [0.3, 0.4) is 0 Å². The molecule has 1 N–H and O–H groups in total. The van der Waals surface area contributed by atoms with Crippen LogP contribution in [0.4, 0.5) is 0 Å². The zero-order chi connectivity index (χ0) is 12.8. The lowest BCUT2D eigenvalue weighted by molar-refractivity contribution is -0.139. The van der Waals surface area contributed by atoms with E-state index in [2.05, 4.69) is 4.74 Å². The summed E-state index contributed by atoms with van der Waals surface area (Å²) in [6.07, 6.45) is 4.25. The van der Waals surface area contributed by atoms with Crippen molar-refractivity contribution in [2.75, 3.05) is 6.61 Å². The number of allylic oxidation sites excluding steroid dienone is 2. The van der Waals surface area contributed by atoms with Gasteiger partial charge in [-0.2, -0.15) is 0 Å². The highest BCUT2D eigenvalue weighted by Crippen LogP contribution is 2.04. The maximum absolute atomic E-state index is 11.5. The highest BCUT2D eigenvalue weighted by atomic mass is 16.5. The van der Waals surface area contributed by atoms with E-state index in [4.69, 9.17) is 0 Å². The first kappa shape index (κ1) is 14.6. The minimum Gasteiger partial charge on any atom is -0.462 e. The lowest BCUT2D eigenvalue weighted by atomic mass is 10.1. The smallest absolute Gasteiger partial charge is 0.302 e. The maximum atomic E-state index is 11.5. The molecule has 0 heterocycles. The number of carbonyl (C=O) groups is 2. The van der Waals surface area contributed by atoms with Gasteiger partial charge in [0.1, 0.15) is 6.61 Å². The monoisotopic (exact) mass is 226 g/mol. The van der Waals surface area contributed by atoms with Gasteiger partial charge >= 0.3 is 5.97 Å². The number of hydrogen-bond donors (Lipinski definition) is 1. The van der Waals surface area contributed by atoms with Crippen LogP contribution in [0.2, 0.25) is 0 Å². The van der Waals surface area contributed by atoms with E-state index in [1.54, 1.807) is 20.8 Å². The molecule has 0 atom stereocenters. The Labute approximate surface area is 95.6 Å². The van der Waals surface area contributed by atoms with Crippen LogP contribution in [0.15, 0.2) is 23.8 Å². The molecule has 0 unspecified atom stereocenters. The van der Waals surface area contributed by atoms with Crippen LogP contribution in [0.5, 0.6) is 0 Å². The van der Waals surface area contributed by atoms with Gasteiger partial charge in [-0.05, 0) is 44.6 Å². The molecule has 0 amide bonds. The van der Waals surface area contributed by atoms with Gasteiger partial charge in [0.15, 0.2) is 5.78 Å². The Kier molecular flexibility index (Phi) is 5.67. The molecule has 4 heteroatoms. The minimum atomic E-state index is -1.01. The number of rotatable bonds is 5. The first-order chi connectivity index (χ1) is 7.22. The predicted molar refractivity (Wildman–Crippen MR) is 60.8 cm³/mol. The number of ketones is 1. The largest absolute Gasteiger partial charge is 0.462 e. The standard InChI is InChI=1S/C12H18O4/c1-9(6-8-16-10(2)13)11(14)5-7-12(3,4)15/h5-7,15H,8H2,1-4H3/b7-5+,9-6+. The van der Waals surface area contributed by atoms with Gasteiger partial charge in [0.2, 0.25) is 0 Å². The topological polar surface area (TPSA) is 63.6 Å². The van der Waals surface area contributed by atoms with Crippen molar-refractivity contribution in [1.82, 2.24) is 0 Å². The lowest BCUT2D eigenvalue weighted by Crippen LogP contribution is -2.14. The summed E-state index contributed by atoms with van der Waals surface area (Å²) < 4.78 is 4.67. The van der Waals surface area contributed by atoms with Gasteiger partial charge < -0.3 is 9.84 Å². The number of hydrogen-bond acceptors (Lipinski definition) is 4. The van der Waals surface area contributed by atoms with Crippen molar-refractivity contribution in [1.29, 1.82) is 0 Å². The van der Waals surface area contributed by atoms with Gasteiger partial charge in [-0.25, -0.2) is 0 Å². The SMILES string of the molecule is CC(=O)OC/C=C(\C)C(=O)/C=C/C(C)(C)O. The van der Waals surface area contributed by atoms with Crippen molar-refractivity contribution < 1.29 is 19.4 Å². The fourth-order valence-corrected chi connectivity index (χ4v) is 0.796. The molecule has 0 aromatic heterocycles. The van der Waals surface area contributed by atoms with Crippen LogP contribution >= 0.6 is 0 Å². The maximum Gasteiger partial charge on any atom is 0.302 e. The molecular formula is C12H18O4. The molecule has 0 aliphatic heterocycles. The summed E-state index contributed by atoms with van der Waals surface area (Å²) in [7, 11) is 0. The molecule has 0 rings (SSSR count). The van der Waals surface area contributed by atoms with Crippen molar-refractivity contribution in [2.45, 2.75) is 33.3 Å². The van der Waals surface area contributed by atoms with Gasteiger partial charge in [-0.3, -0.25) is 9.59 Å². The molecule has 90 valence electrons. The van der Waals surface area contributed by atoms with Crippen molar-refractivity contribution in [3.8, 4) is 0 Å². The molecule has 0 radical (unpaired) electrons. The third-order valence-electron chi connectivity index (χ3n) is 1.71. The van der Waals surface area contributed by atoms with Crippen LogP contribution < -0.4 is 0 Å². The van der Waals surface area contributed by atoms with E-state index < -0.39 is 5.60 Å². The normalized spacial score (nSPS) is 12.9. The number of ether oxygens (including phenoxy) is 1. The summed E-state index contributed by atoms with van der Waals surface area (Å²) in [6.45, 7) is 6.17. The highest BCUT2D eigenvalue weighted by molar-refractivity contribution is 6.03. The van der Waals surface area contributed by atoms with Gasteiger partial charge in [0.05, 0.1) is 5.60 Å². The molecule has 0 fully saturated rings. The summed E-state index contributed by atoms with van der Waals surface area (Å²) in [4.78, 5) is 21.9. The molecule has 0 aliphatic rings. The molecule has 0 spiro atoms. The lowest BCUT2D eigenvalue weighted by Gasteiger charge is -2.09. The van der Waals surface area contributed by atoms with E-state index in [0.29, 0.717) is 5.57 Å². The molecule has 0 aromatic carbocycles. The molecule has 0 saturated heterocycles. The van der Waals surface area contributed by atoms with E-state index in [-0.39, 0.29) is 18.4 Å². The first-order valence-electron chi connectivity index (χ1n) is 4.98. The van der Waals surface area contributed by atoms with Crippen molar-refractivity contribution in [2.24, 2.45) is 0 Å². The zero-order valence-electron chi connectivity index (χ0n) is 10.1. The number of carbonyl (C=O) groups excluding carboxylic acids is 2. The summed E-state index contributed by atoms with van der Waals surface area (Å²) >= 11 is 0. The highest BCUT2D eigenvalue weighted by Gasteiger charge is 2.08. The Bertz CT molecular complexity index is 318. The first-order valence-corrected chi connectivity index (χ1v) is 4.98. The molecule has 0 aromatic rings. The van der Waals surface area contributed by atoms with E-state index in [1.807, 2.05) is 0 Å². The Morgan fingerprint density at radius 2 is 1.88 bits per heavy atom. The molecule has 16 heavy (non-hydrogen) atoms. The molecule has 0 saturated carbocycles. The van der Waals surface area contributed by atoms with Gasteiger partial charge in [0.25, 0.3) is 0 Å². The average Bonchev–Trinajstić information content (AvgIpc) is 2.12. The number of aliphatic hydroxyl groups is 1. The summed E-state index contributed by atoms with van der Waals surface area (Å²) in [5.74, 6) is -0.599. The predicted octanol–water partition coefficient (Wildman–Crippen LogP) is 1.39. The summed E-state index contributed by atoms with van der Waals surface area (Å²) in [6, 6.07) is 0. The van der Waals surface area contributed by atoms with Gasteiger partial charge in [-0.1, -0.05) is 0 Å². The van der Waals surface area contributed by atoms with Crippen molar-refractivity contribution in [3.63, 3.8) is 0 Å². The van der Waals surface area contributed by atoms with Gasteiger partial charge in [-0.15, -0.1) is 0 Å². The van der Waals surface area contributed by atoms with Gasteiger partial charge in [0, 0.05) is 6.92 Å². The van der Waals surface area contributed by atoms with Crippen LogP contribution in [-0.2, 0) is 14.3 Å². The number of esters is 1. The van der Waals surface area contributed by atoms with E-state index in [1.165, 1.54) is 25.2 Å². The second kappa shape index (κ2) is 6.23. The quantitative estimate of drug-likeness (QED) is 0.568. The summed E-state index contributed by atoms with van der Waals surface area (Å²) in [5, 5.41) is 9.37. The Morgan fingerprint density at radius 3 is 2.31 bits per heavy atom. The van der Waals surface area contributed by atoms with Crippen LogP contribution in [-0.4, -0.2) is 29.1 Å². The minimum absolute atomic E-state index is 0.0866. The van der Waals surface area contributed by atoms with Crippen molar-refractivity contribution >= 4 is 11.8 Å². The van der Waals surface area contributed by atoms with E-state index in [9.17, 15) is 14.7 Å². The second-order valence-electron chi connectivity index (χ2n) is 4.04. The van der Waals surface area contributed by atoms with E-state index >= 15 is 0 Å². The fourth-order valence-electron chi connectivity index (χ4n) is 0.796. The third kappa shape index (κ3) is 7.94. The Balaban J connectivity index is 4.28. The van der Waals surface area contributed by atoms with Crippen LogP contribution in [0.1, 0.15) is 27.7 Å². The Morgan fingerprint density at radius 1 is 1.31 bits per heavy atom.